The first-order valence-electron chi connectivity index (χ1n) is 6.29. The molecule has 0 unspecified atom stereocenters. The van der Waals surface area contributed by atoms with Crippen LogP contribution in [0.2, 0.25) is 5.02 Å². The summed E-state index contributed by atoms with van der Waals surface area (Å²) in [6.07, 6.45) is 0. The van der Waals surface area contributed by atoms with Crippen molar-refractivity contribution in [3.63, 3.8) is 0 Å². The number of hydrogen-bond acceptors (Lipinski definition) is 5. The summed E-state index contributed by atoms with van der Waals surface area (Å²) in [4.78, 5) is 0. The Balaban J connectivity index is 2.49. The lowest BCUT2D eigenvalue weighted by molar-refractivity contribution is 0.366. The highest BCUT2D eigenvalue weighted by Gasteiger charge is 2.17. The molecular weight excluding hydrogens is 294 g/mol. The van der Waals surface area contributed by atoms with Crippen LogP contribution in [0.5, 0.6) is 17.2 Å². The van der Waals surface area contributed by atoms with Crippen LogP contribution in [0.25, 0.3) is 0 Å². The van der Waals surface area contributed by atoms with Crippen molar-refractivity contribution < 1.29 is 14.2 Å². The van der Waals surface area contributed by atoms with Crippen molar-refractivity contribution in [2.24, 2.45) is 0 Å². The minimum Gasteiger partial charge on any atom is -0.496 e. The summed E-state index contributed by atoms with van der Waals surface area (Å²) in [5.74, 6) is 2.33. The molecule has 7 heteroatoms. The fourth-order valence-electron chi connectivity index (χ4n) is 2.08. The van der Waals surface area contributed by atoms with Crippen LogP contribution in [0.3, 0.4) is 0 Å². The molecule has 1 heterocycles. The number of anilines is 1. The monoisotopic (exact) mass is 311 g/mol. The van der Waals surface area contributed by atoms with E-state index >= 15 is 0 Å². The van der Waals surface area contributed by atoms with Crippen LogP contribution in [0.4, 0.5) is 5.82 Å². The molecule has 0 spiro atoms. The normalized spacial score (nSPS) is 10.5. The molecule has 1 aromatic heterocycles. The smallest absolute Gasteiger partial charge is 0.141 e. The first-order chi connectivity index (χ1) is 10.0. The molecule has 1 aromatic carbocycles. The van der Waals surface area contributed by atoms with Crippen LogP contribution in [0.1, 0.15) is 11.3 Å². The lowest BCUT2D eigenvalue weighted by Gasteiger charge is -2.15. The summed E-state index contributed by atoms with van der Waals surface area (Å²) < 4.78 is 17.6. The minimum absolute atomic E-state index is 0.385. The van der Waals surface area contributed by atoms with Gasteiger partial charge in [0.15, 0.2) is 0 Å². The van der Waals surface area contributed by atoms with Gasteiger partial charge in [-0.25, -0.2) is 4.68 Å². The van der Waals surface area contributed by atoms with Crippen LogP contribution in [-0.4, -0.2) is 31.1 Å². The van der Waals surface area contributed by atoms with Crippen LogP contribution in [0.15, 0.2) is 12.1 Å². The summed E-state index contributed by atoms with van der Waals surface area (Å²) in [7, 11) is 4.76. The first kappa shape index (κ1) is 15.3. The molecular formula is C14H18ClN3O3. The third-order valence-electron chi connectivity index (χ3n) is 3.22. The summed E-state index contributed by atoms with van der Waals surface area (Å²) in [5.41, 5.74) is 7.45. The highest BCUT2D eigenvalue weighted by atomic mass is 35.5. The summed E-state index contributed by atoms with van der Waals surface area (Å²) >= 11 is 6.07. The predicted octanol–water partition coefficient (Wildman–Crippen LogP) is 2.50. The third-order valence-corrected chi connectivity index (χ3v) is 3.68. The molecule has 0 atom stereocenters. The number of methoxy groups -OCH3 is 3. The minimum atomic E-state index is 0.385. The Hall–Kier alpha value is -2.08. The molecule has 21 heavy (non-hydrogen) atoms. The van der Waals surface area contributed by atoms with E-state index in [0.29, 0.717) is 40.3 Å². The fourth-order valence-corrected chi connectivity index (χ4v) is 2.22. The predicted molar refractivity (Wildman–Crippen MR) is 81.6 cm³/mol. The number of nitrogens with zero attached hydrogens (tertiary/aromatic N) is 2. The van der Waals surface area contributed by atoms with Crippen molar-refractivity contribution in [2.45, 2.75) is 13.5 Å². The zero-order valence-corrected chi connectivity index (χ0v) is 13.2. The molecule has 0 aliphatic rings. The Morgan fingerprint density at radius 3 is 2.10 bits per heavy atom. The number of aromatic nitrogens is 2. The molecule has 0 amide bonds. The Bertz CT molecular complexity index is 630. The fraction of sp³-hybridized carbons (Fsp3) is 0.357. The number of hydrogen-bond donors (Lipinski definition) is 1. The second kappa shape index (κ2) is 6.13. The van der Waals surface area contributed by atoms with E-state index in [9.17, 15) is 0 Å². The van der Waals surface area contributed by atoms with E-state index < -0.39 is 0 Å². The average Bonchev–Trinajstić information content (AvgIpc) is 2.74. The van der Waals surface area contributed by atoms with Gasteiger partial charge in [0, 0.05) is 12.1 Å². The molecule has 0 fully saturated rings. The van der Waals surface area contributed by atoms with Crippen molar-refractivity contribution in [1.29, 1.82) is 0 Å². The van der Waals surface area contributed by atoms with Gasteiger partial charge in [0.1, 0.15) is 28.1 Å². The number of aryl methyl sites for hydroxylation is 1. The Kier molecular flexibility index (Phi) is 4.47. The van der Waals surface area contributed by atoms with Gasteiger partial charge in [0.25, 0.3) is 0 Å². The van der Waals surface area contributed by atoms with Crippen molar-refractivity contribution >= 4 is 17.4 Å². The zero-order valence-electron chi connectivity index (χ0n) is 12.4. The van der Waals surface area contributed by atoms with Crippen molar-refractivity contribution in [3.8, 4) is 17.2 Å². The van der Waals surface area contributed by atoms with Crippen molar-refractivity contribution in [1.82, 2.24) is 9.78 Å². The summed E-state index contributed by atoms with van der Waals surface area (Å²) in [5, 5.41) is 4.78. The second-order valence-corrected chi connectivity index (χ2v) is 4.83. The summed E-state index contributed by atoms with van der Waals surface area (Å²) in [6, 6.07) is 3.57. The molecule has 0 radical (unpaired) electrons. The molecule has 2 rings (SSSR count). The lowest BCUT2D eigenvalue weighted by atomic mass is 10.1. The highest BCUT2D eigenvalue weighted by Crippen LogP contribution is 2.35. The zero-order chi connectivity index (χ0) is 15.6. The maximum absolute atomic E-state index is 6.07. The maximum Gasteiger partial charge on any atom is 0.141 e. The Morgan fingerprint density at radius 1 is 1.14 bits per heavy atom. The number of ether oxygens (including phenoxy) is 3. The molecule has 0 bridgehead atoms. The number of halogens is 1. The first-order valence-corrected chi connectivity index (χ1v) is 6.66. The average molecular weight is 312 g/mol. The molecule has 2 N–H and O–H groups in total. The molecule has 0 aliphatic heterocycles. The van der Waals surface area contributed by atoms with E-state index in [1.165, 1.54) is 0 Å². The lowest BCUT2D eigenvalue weighted by Crippen LogP contribution is -2.09. The molecule has 2 aromatic rings. The van der Waals surface area contributed by atoms with Gasteiger partial charge >= 0.3 is 0 Å². The number of rotatable bonds is 5. The van der Waals surface area contributed by atoms with Gasteiger partial charge in [-0.3, -0.25) is 0 Å². The molecule has 0 saturated carbocycles. The third kappa shape index (κ3) is 2.85. The van der Waals surface area contributed by atoms with Crippen molar-refractivity contribution in [2.75, 3.05) is 27.1 Å². The largest absolute Gasteiger partial charge is 0.496 e. The number of nitrogens with two attached hydrogens (primary N) is 1. The Morgan fingerprint density at radius 2 is 1.71 bits per heavy atom. The van der Waals surface area contributed by atoms with Gasteiger partial charge in [-0.2, -0.15) is 5.10 Å². The van der Waals surface area contributed by atoms with Gasteiger partial charge < -0.3 is 19.9 Å². The molecule has 114 valence electrons. The van der Waals surface area contributed by atoms with E-state index in [1.54, 1.807) is 45.1 Å². The van der Waals surface area contributed by atoms with Crippen molar-refractivity contribution in [3.05, 3.63) is 28.4 Å². The molecule has 0 aliphatic carbocycles. The van der Waals surface area contributed by atoms with Crippen LogP contribution in [-0.2, 0) is 6.54 Å². The van der Waals surface area contributed by atoms with E-state index in [0.717, 1.165) is 5.56 Å². The number of benzene rings is 1. The van der Waals surface area contributed by atoms with Crippen LogP contribution in [0, 0.1) is 6.92 Å². The Labute approximate surface area is 128 Å². The second-order valence-electron chi connectivity index (χ2n) is 4.45. The van der Waals surface area contributed by atoms with Gasteiger partial charge in [-0.15, -0.1) is 0 Å². The topological polar surface area (TPSA) is 71.5 Å². The van der Waals surface area contributed by atoms with Crippen LogP contribution >= 0.6 is 11.6 Å². The van der Waals surface area contributed by atoms with Crippen LogP contribution < -0.4 is 19.9 Å². The number of nitrogen functional groups attached to an aromatic ring is 1. The van der Waals surface area contributed by atoms with Gasteiger partial charge in [-0.1, -0.05) is 11.6 Å². The van der Waals surface area contributed by atoms with E-state index in [2.05, 4.69) is 5.10 Å². The van der Waals surface area contributed by atoms with E-state index in [4.69, 9.17) is 31.5 Å². The molecule has 0 saturated heterocycles. The summed E-state index contributed by atoms with van der Waals surface area (Å²) in [6.45, 7) is 2.19. The van der Waals surface area contributed by atoms with E-state index in [1.807, 2.05) is 0 Å². The highest BCUT2D eigenvalue weighted by molar-refractivity contribution is 6.33. The van der Waals surface area contributed by atoms with E-state index in [-0.39, 0.29) is 0 Å². The molecule has 6 nitrogen and oxygen atoms in total. The van der Waals surface area contributed by atoms with Gasteiger partial charge in [0.05, 0.1) is 39.1 Å². The SMILES string of the molecule is COc1cc(OC)c(Cn2nc(C)c(Cl)c2N)c(OC)c1. The van der Waals surface area contributed by atoms with Gasteiger partial charge in [0.2, 0.25) is 0 Å². The maximum atomic E-state index is 6.07. The van der Waals surface area contributed by atoms with Gasteiger partial charge in [-0.05, 0) is 6.92 Å². The standard InChI is InChI=1S/C14H18ClN3O3/c1-8-13(15)14(16)18(17-8)7-10-11(20-3)5-9(19-2)6-12(10)21-4/h5-6H,7,16H2,1-4H3. The quantitative estimate of drug-likeness (QED) is 0.918.